The molecule has 1 saturated heterocycles. The van der Waals surface area contributed by atoms with Gasteiger partial charge in [-0.3, -0.25) is 9.69 Å². The number of amidine groups is 1. The van der Waals surface area contributed by atoms with E-state index in [1.165, 1.54) is 51.9 Å². The summed E-state index contributed by atoms with van der Waals surface area (Å²) in [4.78, 5) is 39.8. The molecule has 4 aromatic rings. The lowest BCUT2D eigenvalue weighted by molar-refractivity contribution is -0.274. The second kappa shape index (κ2) is 13.1. The zero-order valence-electron chi connectivity index (χ0n) is 24.9. The largest absolute Gasteiger partial charge is 0.573 e. The topological polar surface area (TPSA) is 102 Å². The highest BCUT2D eigenvalue weighted by Gasteiger charge is 2.33. The van der Waals surface area contributed by atoms with Crippen molar-refractivity contribution in [2.45, 2.75) is 46.4 Å². The molecule has 0 N–H and O–H groups in total. The summed E-state index contributed by atoms with van der Waals surface area (Å²) >= 11 is 1.22. The highest BCUT2D eigenvalue weighted by Crippen LogP contribution is 2.35. The molecule has 3 aromatic carbocycles. The first-order chi connectivity index (χ1) is 21.4. The number of ether oxygens (including phenoxy) is 1. The van der Waals surface area contributed by atoms with E-state index in [1.807, 2.05) is 49.4 Å². The van der Waals surface area contributed by atoms with Crippen LogP contribution < -0.4 is 9.64 Å². The zero-order valence-corrected chi connectivity index (χ0v) is 25.7. The highest BCUT2D eigenvalue weighted by atomic mass is 32.2. The molecule has 0 radical (unpaired) electrons. The summed E-state index contributed by atoms with van der Waals surface area (Å²) in [6, 6.07) is 17.8. The number of anilines is 1. The van der Waals surface area contributed by atoms with Gasteiger partial charge in [0.1, 0.15) is 12.1 Å². The van der Waals surface area contributed by atoms with Gasteiger partial charge in [0, 0.05) is 17.7 Å². The Morgan fingerprint density at radius 2 is 1.78 bits per heavy atom. The van der Waals surface area contributed by atoms with Crippen LogP contribution in [0.3, 0.4) is 0 Å². The molecule has 0 aliphatic carbocycles. The third kappa shape index (κ3) is 7.66. The molecule has 1 fully saturated rings. The van der Waals surface area contributed by atoms with Crippen LogP contribution in [0.5, 0.6) is 5.75 Å². The molecule has 0 spiro atoms. The molecule has 45 heavy (non-hydrogen) atoms. The number of hydrogen-bond donors (Lipinski definition) is 0. The van der Waals surface area contributed by atoms with Crippen LogP contribution in [0, 0.1) is 6.92 Å². The predicted octanol–water partition coefficient (Wildman–Crippen LogP) is 7.52. The van der Waals surface area contributed by atoms with Gasteiger partial charge in [-0.05, 0) is 66.8 Å². The Morgan fingerprint density at radius 3 is 2.44 bits per heavy atom. The predicted molar refractivity (Wildman–Crippen MR) is 168 cm³/mol. The van der Waals surface area contributed by atoms with Crippen LogP contribution in [0.1, 0.15) is 43.4 Å². The Labute approximate surface area is 261 Å². The van der Waals surface area contributed by atoms with Gasteiger partial charge in [-0.25, -0.2) is 19.5 Å². The van der Waals surface area contributed by atoms with Crippen LogP contribution in [0.4, 0.5) is 23.7 Å². The number of hydrogen-bond acceptors (Lipinski definition) is 6. The number of benzene rings is 3. The molecule has 0 atom stereocenters. The zero-order chi connectivity index (χ0) is 32.3. The van der Waals surface area contributed by atoms with Crippen LogP contribution in [0.25, 0.3) is 17.1 Å². The molecule has 13 heteroatoms. The van der Waals surface area contributed by atoms with Gasteiger partial charge >= 0.3 is 12.4 Å². The molecular weight excluding hydrogens is 605 g/mol. The Hall–Kier alpha value is -4.78. The number of aryl methyl sites for hydroxylation is 1. The van der Waals surface area contributed by atoms with Crippen LogP contribution in [-0.2, 0) is 11.2 Å². The number of alkyl halides is 3. The lowest BCUT2D eigenvalue weighted by Gasteiger charge is -2.23. The number of carbonyl (C=O) groups is 2. The van der Waals surface area contributed by atoms with E-state index < -0.39 is 12.4 Å². The molecule has 1 aliphatic heterocycles. The maximum absolute atomic E-state index is 12.8. The van der Waals surface area contributed by atoms with Crippen molar-refractivity contribution < 1.29 is 27.5 Å². The van der Waals surface area contributed by atoms with Crippen LogP contribution in [-0.4, -0.2) is 49.7 Å². The van der Waals surface area contributed by atoms with Crippen molar-refractivity contribution in [3.05, 3.63) is 89.7 Å². The van der Waals surface area contributed by atoms with Gasteiger partial charge in [-0.15, -0.1) is 18.3 Å². The van der Waals surface area contributed by atoms with Crippen molar-refractivity contribution >= 4 is 40.3 Å². The number of nitrogens with zero attached hydrogens (tertiary/aromatic N) is 6. The number of amides is 3. The van der Waals surface area contributed by atoms with Crippen LogP contribution in [0.2, 0.25) is 0 Å². The fourth-order valence-electron chi connectivity index (χ4n) is 4.99. The lowest BCUT2D eigenvalue weighted by Crippen LogP contribution is -2.31. The first-order valence-electron chi connectivity index (χ1n) is 14.0. The van der Waals surface area contributed by atoms with E-state index >= 15 is 0 Å². The van der Waals surface area contributed by atoms with E-state index in [2.05, 4.69) is 38.7 Å². The number of urea groups is 1. The second-order valence-electron chi connectivity index (χ2n) is 10.6. The molecular formula is C32H29F3N6O3S. The van der Waals surface area contributed by atoms with Crippen molar-refractivity contribution in [2.75, 3.05) is 10.7 Å². The van der Waals surface area contributed by atoms with Gasteiger partial charge in [-0.2, -0.15) is 4.99 Å². The Morgan fingerprint density at radius 1 is 1.07 bits per heavy atom. The molecule has 2 heterocycles. The van der Waals surface area contributed by atoms with Gasteiger partial charge in [0.15, 0.2) is 11.0 Å². The molecule has 3 amide bonds. The summed E-state index contributed by atoms with van der Waals surface area (Å²) in [6.07, 6.45) is -2.90. The van der Waals surface area contributed by atoms with E-state index in [1.54, 1.807) is 6.92 Å². The third-order valence-electron chi connectivity index (χ3n) is 6.86. The number of rotatable bonds is 7. The summed E-state index contributed by atoms with van der Waals surface area (Å²) in [6.45, 7) is 7.87. The number of halogens is 3. The van der Waals surface area contributed by atoms with E-state index in [4.69, 9.17) is 0 Å². The number of aliphatic imine (C=N–C) groups is 2. The number of carbonyl (C=O) groups excluding carboxylic acids is 2. The maximum atomic E-state index is 12.8. The standard InChI is InChI=1S/C32H29F3N6O3S/c1-19(2)28-20(3)6-5-7-26(28)41-27(42)17-45-31(41)38-30(43)37-21(4)16-22-8-10-23(11-9-22)29-36-18-40(39-29)24-12-14-25(15-13-24)44-32(33,34)35/h5-15,18-19H,16-17H2,1-4H3. The van der Waals surface area contributed by atoms with E-state index in [-0.39, 0.29) is 23.3 Å². The molecule has 0 saturated carbocycles. The number of aromatic nitrogens is 3. The SMILES string of the molecule is CC(Cc1ccc(-c2ncn(-c3ccc(OC(F)(F)F)cc3)n2)cc1)=NC(=O)N=C1SCC(=O)N1c1cccc(C)c1C(C)C. The summed E-state index contributed by atoms with van der Waals surface area (Å²) in [5.74, 6) is 0.344. The Kier molecular flexibility index (Phi) is 9.19. The lowest BCUT2D eigenvalue weighted by atomic mass is 9.95. The first kappa shape index (κ1) is 31.6. The van der Waals surface area contributed by atoms with Crippen molar-refractivity contribution in [1.82, 2.24) is 14.8 Å². The second-order valence-corrected chi connectivity index (χ2v) is 11.6. The van der Waals surface area contributed by atoms with Crippen molar-refractivity contribution in [3.8, 4) is 22.8 Å². The van der Waals surface area contributed by atoms with E-state index in [0.717, 1.165) is 27.9 Å². The van der Waals surface area contributed by atoms with Crippen LogP contribution >= 0.6 is 11.8 Å². The van der Waals surface area contributed by atoms with E-state index in [9.17, 15) is 22.8 Å². The third-order valence-corrected chi connectivity index (χ3v) is 7.78. The quantitative estimate of drug-likeness (QED) is 0.195. The highest BCUT2D eigenvalue weighted by molar-refractivity contribution is 8.15. The molecule has 5 rings (SSSR count). The van der Waals surface area contributed by atoms with Gasteiger partial charge in [-0.1, -0.05) is 62.0 Å². The van der Waals surface area contributed by atoms with E-state index in [0.29, 0.717) is 28.8 Å². The fraction of sp³-hybridized carbons (Fsp3) is 0.250. The van der Waals surface area contributed by atoms with Gasteiger partial charge in [0.2, 0.25) is 5.91 Å². The molecule has 9 nitrogen and oxygen atoms in total. The van der Waals surface area contributed by atoms with Gasteiger partial charge < -0.3 is 4.74 Å². The van der Waals surface area contributed by atoms with Crippen LogP contribution in [0.15, 0.2) is 83.0 Å². The average molecular weight is 635 g/mol. The average Bonchev–Trinajstić information content (AvgIpc) is 3.59. The molecule has 1 aromatic heterocycles. The molecule has 0 bridgehead atoms. The number of thioether (sulfide) groups is 1. The van der Waals surface area contributed by atoms with Crippen molar-refractivity contribution in [1.29, 1.82) is 0 Å². The molecule has 232 valence electrons. The Bertz CT molecular complexity index is 1780. The maximum Gasteiger partial charge on any atom is 0.573 e. The monoisotopic (exact) mass is 634 g/mol. The Balaban J connectivity index is 1.25. The van der Waals surface area contributed by atoms with Gasteiger partial charge in [0.25, 0.3) is 0 Å². The molecule has 1 aliphatic rings. The normalized spacial score (nSPS) is 14.9. The first-order valence-corrected chi connectivity index (χ1v) is 15.0. The smallest absolute Gasteiger partial charge is 0.406 e. The summed E-state index contributed by atoms with van der Waals surface area (Å²) < 4.78 is 42.6. The molecule has 0 unspecified atom stereocenters. The minimum Gasteiger partial charge on any atom is -0.406 e. The van der Waals surface area contributed by atoms with Crippen molar-refractivity contribution in [3.63, 3.8) is 0 Å². The fourth-order valence-corrected chi connectivity index (χ4v) is 5.84. The summed E-state index contributed by atoms with van der Waals surface area (Å²) in [5.41, 5.74) is 5.53. The minimum atomic E-state index is -4.76. The summed E-state index contributed by atoms with van der Waals surface area (Å²) in [7, 11) is 0. The minimum absolute atomic E-state index is 0.132. The van der Waals surface area contributed by atoms with Gasteiger partial charge in [0.05, 0.1) is 17.1 Å². The van der Waals surface area contributed by atoms with Crippen molar-refractivity contribution in [2.24, 2.45) is 9.98 Å². The summed E-state index contributed by atoms with van der Waals surface area (Å²) in [5, 5.41) is 4.73.